The lowest BCUT2D eigenvalue weighted by atomic mass is 10.1. The minimum Gasteiger partial charge on any atom is -0.354 e. The number of sulfonamides is 1. The van der Waals surface area contributed by atoms with E-state index >= 15 is 0 Å². The van der Waals surface area contributed by atoms with Crippen molar-refractivity contribution in [1.29, 1.82) is 0 Å². The first kappa shape index (κ1) is 31.2. The topological polar surface area (TPSA) is 86.8 Å². The van der Waals surface area contributed by atoms with Gasteiger partial charge in [0.25, 0.3) is 10.0 Å². The molecule has 0 radical (unpaired) electrons. The highest BCUT2D eigenvalue weighted by atomic mass is 35.5. The summed E-state index contributed by atoms with van der Waals surface area (Å²) >= 11 is 6.46. The van der Waals surface area contributed by atoms with Gasteiger partial charge < -0.3 is 10.2 Å². The Kier molecular flexibility index (Phi) is 11.2. The molecule has 0 aliphatic heterocycles. The Morgan fingerprint density at radius 2 is 1.50 bits per heavy atom. The molecular weight excluding hydrogens is 546 g/mol. The predicted molar refractivity (Wildman–Crippen MR) is 161 cm³/mol. The summed E-state index contributed by atoms with van der Waals surface area (Å²) in [6, 6.07) is 19.9. The fourth-order valence-corrected chi connectivity index (χ4v) is 6.04. The first-order valence-electron chi connectivity index (χ1n) is 13.5. The lowest BCUT2D eigenvalue weighted by Crippen LogP contribution is -2.52. The molecule has 1 N–H and O–H groups in total. The van der Waals surface area contributed by atoms with Gasteiger partial charge in [0.05, 0.1) is 15.6 Å². The fourth-order valence-electron chi connectivity index (χ4n) is 4.32. The van der Waals surface area contributed by atoms with E-state index in [1.54, 1.807) is 36.4 Å². The van der Waals surface area contributed by atoms with Gasteiger partial charge in [-0.25, -0.2) is 8.42 Å². The molecule has 0 aliphatic rings. The van der Waals surface area contributed by atoms with Gasteiger partial charge >= 0.3 is 0 Å². The Balaban J connectivity index is 2.04. The van der Waals surface area contributed by atoms with Gasteiger partial charge in [0.15, 0.2) is 0 Å². The molecule has 7 nitrogen and oxygen atoms in total. The van der Waals surface area contributed by atoms with E-state index in [2.05, 4.69) is 5.32 Å². The summed E-state index contributed by atoms with van der Waals surface area (Å²) in [4.78, 5) is 28.8. The normalized spacial score (nSPS) is 12.0. The molecule has 0 saturated carbocycles. The summed E-state index contributed by atoms with van der Waals surface area (Å²) < 4.78 is 28.9. The molecule has 1 unspecified atom stereocenters. The summed E-state index contributed by atoms with van der Waals surface area (Å²) in [7, 11) is -4.17. The lowest BCUT2D eigenvalue weighted by molar-refractivity contribution is -0.140. The number of carbonyl (C=O) groups is 2. The van der Waals surface area contributed by atoms with Crippen LogP contribution in [-0.2, 0) is 26.2 Å². The Morgan fingerprint density at radius 1 is 0.900 bits per heavy atom. The van der Waals surface area contributed by atoms with Crippen LogP contribution in [0.5, 0.6) is 0 Å². The maximum absolute atomic E-state index is 14.1. The first-order valence-corrected chi connectivity index (χ1v) is 15.4. The third-order valence-corrected chi connectivity index (χ3v) is 8.79. The predicted octanol–water partition coefficient (Wildman–Crippen LogP) is 5.88. The number of para-hydroxylation sites is 1. The van der Waals surface area contributed by atoms with Crippen LogP contribution in [0.4, 0.5) is 5.69 Å². The maximum atomic E-state index is 14.1. The number of amides is 2. The van der Waals surface area contributed by atoms with Gasteiger partial charge in [-0.1, -0.05) is 91.5 Å². The number of rotatable bonds is 13. The molecule has 0 aliphatic carbocycles. The quantitative estimate of drug-likeness (QED) is 0.255. The van der Waals surface area contributed by atoms with Crippen LogP contribution in [0.25, 0.3) is 0 Å². The number of hydrogen-bond donors (Lipinski definition) is 1. The van der Waals surface area contributed by atoms with E-state index in [1.165, 1.54) is 17.0 Å². The van der Waals surface area contributed by atoms with Crippen LogP contribution in [0, 0.1) is 13.8 Å². The van der Waals surface area contributed by atoms with Gasteiger partial charge in [-0.15, -0.1) is 0 Å². The molecule has 0 aromatic heterocycles. The molecule has 9 heteroatoms. The number of unbranched alkanes of at least 4 members (excludes halogenated alkanes) is 1. The van der Waals surface area contributed by atoms with E-state index in [9.17, 15) is 18.0 Å². The van der Waals surface area contributed by atoms with E-state index in [4.69, 9.17) is 11.6 Å². The van der Waals surface area contributed by atoms with Crippen molar-refractivity contribution in [2.75, 3.05) is 17.4 Å². The smallest absolute Gasteiger partial charge is 0.264 e. The van der Waals surface area contributed by atoms with Crippen LogP contribution >= 0.6 is 11.6 Å². The SMILES string of the molecule is CCCCNC(=O)C(CC)N(Cc1ccc(C)cc1)C(=O)CN(c1ccccc1Cl)S(=O)(=O)c1ccc(C)cc1. The Bertz CT molecular complexity index is 1390. The highest BCUT2D eigenvalue weighted by molar-refractivity contribution is 7.92. The Labute approximate surface area is 243 Å². The van der Waals surface area contributed by atoms with Crippen LogP contribution in [0.1, 0.15) is 49.8 Å². The van der Waals surface area contributed by atoms with Crippen molar-refractivity contribution in [3.8, 4) is 0 Å². The highest BCUT2D eigenvalue weighted by Crippen LogP contribution is 2.31. The van der Waals surface area contributed by atoms with Crippen molar-refractivity contribution < 1.29 is 18.0 Å². The average molecular weight is 584 g/mol. The molecule has 1 atom stereocenters. The zero-order chi connectivity index (χ0) is 29.3. The third kappa shape index (κ3) is 7.86. The van der Waals surface area contributed by atoms with Crippen molar-refractivity contribution in [1.82, 2.24) is 10.2 Å². The molecule has 40 heavy (non-hydrogen) atoms. The van der Waals surface area contributed by atoms with E-state index in [-0.39, 0.29) is 28.1 Å². The maximum Gasteiger partial charge on any atom is 0.264 e. The molecule has 0 heterocycles. The second-order valence-electron chi connectivity index (χ2n) is 9.85. The highest BCUT2D eigenvalue weighted by Gasteiger charge is 2.34. The second-order valence-corrected chi connectivity index (χ2v) is 12.1. The number of carbonyl (C=O) groups excluding carboxylic acids is 2. The summed E-state index contributed by atoms with van der Waals surface area (Å²) in [6.07, 6.45) is 2.11. The number of nitrogens with one attached hydrogen (secondary N) is 1. The number of halogens is 1. The van der Waals surface area contributed by atoms with Crippen molar-refractivity contribution >= 4 is 39.1 Å². The lowest BCUT2D eigenvalue weighted by Gasteiger charge is -2.33. The van der Waals surface area contributed by atoms with Gasteiger partial charge in [0.1, 0.15) is 12.6 Å². The van der Waals surface area contributed by atoms with Gasteiger partial charge in [-0.2, -0.15) is 0 Å². The second kappa shape index (κ2) is 14.3. The van der Waals surface area contributed by atoms with Gasteiger partial charge in [0, 0.05) is 13.1 Å². The van der Waals surface area contributed by atoms with Crippen LogP contribution in [-0.4, -0.2) is 44.3 Å². The molecule has 2 amide bonds. The van der Waals surface area contributed by atoms with Crippen molar-refractivity contribution in [2.24, 2.45) is 0 Å². The van der Waals surface area contributed by atoms with Gasteiger partial charge in [-0.3, -0.25) is 13.9 Å². The average Bonchev–Trinajstić information content (AvgIpc) is 2.93. The molecule has 0 spiro atoms. The largest absolute Gasteiger partial charge is 0.354 e. The van der Waals surface area contributed by atoms with Crippen LogP contribution < -0.4 is 9.62 Å². The van der Waals surface area contributed by atoms with Crippen molar-refractivity contribution in [3.63, 3.8) is 0 Å². The molecular formula is C31H38ClN3O4S. The van der Waals surface area contributed by atoms with Crippen LogP contribution in [0.3, 0.4) is 0 Å². The summed E-state index contributed by atoms with van der Waals surface area (Å²) in [5.74, 6) is -0.768. The van der Waals surface area contributed by atoms with Gasteiger partial charge in [0.2, 0.25) is 11.8 Å². The Morgan fingerprint density at radius 3 is 2.08 bits per heavy atom. The summed E-state index contributed by atoms with van der Waals surface area (Å²) in [6.45, 7) is 7.85. The van der Waals surface area contributed by atoms with Crippen LogP contribution in [0.15, 0.2) is 77.7 Å². The minimum atomic E-state index is -4.17. The minimum absolute atomic E-state index is 0.0419. The number of benzene rings is 3. The zero-order valence-electron chi connectivity index (χ0n) is 23.6. The monoisotopic (exact) mass is 583 g/mol. The molecule has 3 aromatic rings. The number of hydrogen-bond acceptors (Lipinski definition) is 4. The molecule has 0 saturated heterocycles. The van der Waals surface area contributed by atoms with E-state index in [1.807, 2.05) is 52.0 Å². The molecule has 3 aromatic carbocycles. The number of anilines is 1. The van der Waals surface area contributed by atoms with Crippen molar-refractivity contribution in [2.45, 2.75) is 64.4 Å². The Hall–Kier alpha value is -3.36. The number of aryl methyl sites for hydroxylation is 2. The van der Waals surface area contributed by atoms with E-state index < -0.39 is 28.5 Å². The van der Waals surface area contributed by atoms with Crippen LogP contribution in [0.2, 0.25) is 5.02 Å². The van der Waals surface area contributed by atoms with E-state index in [0.717, 1.165) is 33.8 Å². The molecule has 214 valence electrons. The summed E-state index contributed by atoms with van der Waals surface area (Å²) in [5.41, 5.74) is 3.00. The first-order chi connectivity index (χ1) is 19.1. The number of nitrogens with zero attached hydrogens (tertiary/aromatic N) is 2. The fraction of sp³-hybridized carbons (Fsp3) is 0.355. The van der Waals surface area contributed by atoms with Gasteiger partial charge in [-0.05, 0) is 56.5 Å². The van der Waals surface area contributed by atoms with Crippen molar-refractivity contribution in [3.05, 3.63) is 94.5 Å². The molecule has 0 bridgehead atoms. The zero-order valence-corrected chi connectivity index (χ0v) is 25.1. The molecule has 0 fully saturated rings. The summed E-state index contributed by atoms with van der Waals surface area (Å²) in [5, 5.41) is 3.13. The third-order valence-electron chi connectivity index (χ3n) is 6.70. The molecule has 3 rings (SSSR count). The standard InChI is InChI=1S/C31H38ClN3O4S/c1-5-7-20-33-31(37)28(6-2)34(21-25-16-12-23(3)13-17-25)30(36)22-35(29-11-9-8-10-27(29)32)40(38,39)26-18-14-24(4)15-19-26/h8-19,28H,5-7,20-22H2,1-4H3,(H,33,37). The van der Waals surface area contributed by atoms with E-state index in [0.29, 0.717) is 13.0 Å².